The first-order valence-corrected chi connectivity index (χ1v) is 11.5. The molecule has 1 unspecified atom stereocenters. The van der Waals surface area contributed by atoms with E-state index in [4.69, 9.17) is 0 Å². The molecular weight excluding hydrogens is 402 g/mol. The van der Waals surface area contributed by atoms with Crippen molar-refractivity contribution in [3.05, 3.63) is 53.7 Å². The summed E-state index contributed by atoms with van der Waals surface area (Å²) in [4.78, 5) is 35.5. The maximum Gasteiger partial charge on any atom is 0.255 e. The fourth-order valence-corrected chi connectivity index (χ4v) is 4.11. The second-order valence-corrected chi connectivity index (χ2v) is 8.52. The number of anilines is 2. The molecular formula is C25H35N5O2. The highest BCUT2D eigenvalue weighted by Gasteiger charge is 2.24. The van der Waals surface area contributed by atoms with Crippen molar-refractivity contribution in [1.82, 2.24) is 15.2 Å². The molecule has 0 aliphatic carbocycles. The molecule has 1 amide bonds. The zero-order valence-electron chi connectivity index (χ0n) is 19.5. The van der Waals surface area contributed by atoms with Crippen LogP contribution in [0.4, 0.5) is 11.5 Å². The third-order valence-electron chi connectivity index (χ3n) is 5.92. The van der Waals surface area contributed by atoms with Crippen LogP contribution >= 0.6 is 0 Å². The van der Waals surface area contributed by atoms with Gasteiger partial charge in [-0.05, 0) is 30.2 Å². The number of benzene rings is 1. The predicted molar refractivity (Wildman–Crippen MR) is 129 cm³/mol. The fraction of sp³-hybridized carbons (Fsp3) is 0.480. The van der Waals surface area contributed by atoms with Crippen LogP contribution in [-0.2, 0) is 11.3 Å². The van der Waals surface area contributed by atoms with E-state index in [1.54, 1.807) is 18.3 Å². The number of pyridine rings is 1. The van der Waals surface area contributed by atoms with E-state index < -0.39 is 6.04 Å². The average Bonchev–Trinajstić information content (AvgIpc) is 2.82. The van der Waals surface area contributed by atoms with Crippen molar-refractivity contribution in [2.24, 2.45) is 0 Å². The van der Waals surface area contributed by atoms with Gasteiger partial charge in [0.25, 0.3) is 5.91 Å². The number of nitrogens with zero attached hydrogens (tertiary/aromatic N) is 4. The Hall–Kier alpha value is -2.93. The largest absolute Gasteiger partial charge is 0.377 e. The number of nitrogens with one attached hydrogen (secondary N) is 1. The van der Waals surface area contributed by atoms with Gasteiger partial charge in [0.2, 0.25) is 0 Å². The van der Waals surface area contributed by atoms with Crippen LogP contribution in [-0.4, -0.2) is 68.4 Å². The van der Waals surface area contributed by atoms with Gasteiger partial charge in [-0.25, -0.2) is 4.98 Å². The molecule has 2 aromatic rings. The number of unbranched alkanes of at least 4 members (excludes halogenated alkanes) is 1. The van der Waals surface area contributed by atoms with Crippen molar-refractivity contribution in [1.29, 1.82) is 0 Å². The van der Waals surface area contributed by atoms with E-state index in [2.05, 4.69) is 70.3 Å². The standard InChI is InChI=1S/C25H35N5O2/c1-4-5-10-21(19-31)27-25(32)22-11-8-13-26-24(22)30-16-14-29(15-17-30)18-20-9-6-7-12-23(20)28(2)3/h6-9,11-13,19,21H,4-5,10,14-18H2,1-3H3,(H,27,32). The predicted octanol–water partition coefficient (Wildman–Crippen LogP) is 2.96. The summed E-state index contributed by atoms with van der Waals surface area (Å²) in [7, 11) is 4.14. The highest BCUT2D eigenvalue weighted by Crippen LogP contribution is 2.23. The number of piperazine rings is 1. The van der Waals surface area contributed by atoms with Gasteiger partial charge in [-0.15, -0.1) is 0 Å². The van der Waals surface area contributed by atoms with Crippen molar-refractivity contribution in [3.63, 3.8) is 0 Å². The van der Waals surface area contributed by atoms with Crippen LogP contribution in [0.1, 0.15) is 42.1 Å². The molecule has 172 valence electrons. The van der Waals surface area contributed by atoms with Gasteiger partial charge in [0.05, 0.1) is 11.6 Å². The van der Waals surface area contributed by atoms with E-state index in [0.29, 0.717) is 17.8 Å². The summed E-state index contributed by atoms with van der Waals surface area (Å²) in [5, 5.41) is 2.87. The summed E-state index contributed by atoms with van der Waals surface area (Å²) >= 11 is 0. The molecule has 0 bridgehead atoms. The molecule has 1 aliphatic heterocycles. The summed E-state index contributed by atoms with van der Waals surface area (Å²) in [5.41, 5.74) is 3.09. The van der Waals surface area contributed by atoms with E-state index in [9.17, 15) is 9.59 Å². The quantitative estimate of drug-likeness (QED) is 0.577. The van der Waals surface area contributed by atoms with Crippen molar-refractivity contribution in [3.8, 4) is 0 Å². The first-order valence-electron chi connectivity index (χ1n) is 11.5. The van der Waals surface area contributed by atoms with Crippen LogP contribution in [0, 0.1) is 0 Å². The summed E-state index contributed by atoms with van der Waals surface area (Å²) in [6.45, 7) is 6.36. The summed E-state index contributed by atoms with van der Waals surface area (Å²) < 4.78 is 0. The van der Waals surface area contributed by atoms with E-state index in [0.717, 1.165) is 51.9 Å². The van der Waals surface area contributed by atoms with E-state index in [1.165, 1.54) is 11.3 Å². The van der Waals surface area contributed by atoms with Gasteiger partial charge in [-0.2, -0.15) is 0 Å². The van der Waals surface area contributed by atoms with Gasteiger partial charge in [0, 0.05) is 58.7 Å². The molecule has 1 aliphatic rings. The summed E-state index contributed by atoms with van der Waals surface area (Å²) in [5.74, 6) is 0.460. The van der Waals surface area contributed by atoms with Crippen LogP contribution < -0.4 is 15.1 Å². The molecule has 0 radical (unpaired) electrons. The van der Waals surface area contributed by atoms with Gasteiger partial charge >= 0.3 is 0 Å². The number of aldehydes is 1. The van der Waals surface area contributed by atoms with Crippen molar-refractivity contribution in [2.75, 3.05) is 50.1 Å². The van der Waals surface area contributed by atoms with Crippen LogP contribution in [0.2, 0.25) is 0 Å². The molecule has 3 rings (SSSR count). The van der Waals surface area contributed by atoms with Crippen LogP contribution in [0.15, 0.2) is 42.6 Å². The summed E-state index contributed by atoms with van der Waals surface area (Å²) in [6, 6.07) is 11.6. The molecule has 0 saturated carbocycles. The average molecular weight is 438 g/mol. The molecule has 7 nitrogen and oxygen atoms in total. The molecule has 0 spiro atoms. The molecule has 1 aromatic carbocycles. The van der Waals surface area contributed by atoms with Crippen molar-refractivity contribution >= 4 is 23.7 Å². The number of aromatic nitrogens is 1. The highest BCUT2D eigenvalue weighted by atomic mass is 16.2. The van der Waals surface area contributed by atoms with Gasteiger partial charge < -0.3 is 19.9 Å². The van der Waals surface area contributed by atoms with Gasteiger partial charge in [0.15, 0.2) is 0 Å². The van der Waals surface area contributed by atoms with Crippen LogP contribution in [0.5, 0.6) is 0 Å². The van der Waals surface area contributed by atoms with Crippen LogP contribution in [0.3, 0.4) is 0 Å². The first kappa shape index (κ1) is 23.7. The second-order valence-electron chi connectivity index (χ2n) is 8.52. The lowest BCUT2D eigenvalue weighted by molar-refractivity contribution is -0.109. The normalized spacial score (nSPS) is 15.3. The molecule has 1 aromatic heterocycles. The van der Waals surface area contributed by atoms with Gasteiger partial charge in [-0.3, -0.25) is 9.69 Å². The summed E-state index contributed by atoms with van der Waals surface area (Å²) in [6.07, 6.45) is 5.10. The van der Waals surface area contributed by atoms with E-state index >= 15 is 0 Å². The highest BCUT2D eigenvalue weighted by molar-refractivity contribution is 6.00. The molecule has 2 heterocycles. The maximum atomic E-state index is 12.9. The lowest BCUT2D eigenvalue weighted by atomic mass is 10.1. The lowest BCUT2D eigenvalue weighted by Crippen LogP contribution is -2.47. The SMILES string of the molecule is CCCCC(C=O)NC(=O)c1cccnc1N1CCN(Cc2ccccc2N(C)C)CC1. The number of carbonyl (C=O) groups excluding carboxylic acids is 2. The molecule has 7 heteroatoms. The Morgan fingerprint density at radius 1 is 1.16 bits per heavy atom. The minimum absolute atomic E-state index is 0.233. The topological polar surface area (TPSA) is 68.8 Å². The number of hydrogen-bond donors (Lipinski definition) is 1. The number of carbonyl (C=O) groups is 2. The third kappa shape index (κ3) is 6.07. The van der Waals surface area contributed by atoms with E-state index in [-0.39, 0.29) is 5.91 Å². The molecule has 1 saturated heterocycles. The van der Waals surface area contributed by atoms with E-state index in [1.807, 2.05) is 0 Å². The number of hydrogen-bond acceptors (Lipinski definition) is 6. The van der Waals surface area contributed by atoms with Gasteiger partial charge in [-0.1, -0.05) is 38.0 Å². The zero-order chi connectivity index (χ0) is 22.9. The Bertz CT molecular complexity index is 893. The molecule has 32 heavy (non-hydrogen) atoms. The van der Waals surface area contributed by atoms with Crippen molar-refractivity contribution in [2.45, 2.75) is 38.8 Å². The minimum atomic E-state index is -0.455. The minimum Gasteiger partial charge on any atom is -0.377 e. The first-order chi connectivity index (χ1) is 15.5. The maximum absolute atomic E-state index is 12.9. The number of amides is 1. The van der Waals surface area contributed by atoms with Gasteiger partial charge in [0.1, 0.15) is 12.1 Å². The Kier molecular flexibility index (Phi) is 8.62. The second kappa shape index (κ2) is 11.6. The Morgan fingerprint density at radius 3 is 2.59 bits per heavy atom. The lowest BCUT2D eigenvalue weighted by Gasteiger charge is -2.36. The van der Waals surface area contributed by atoms with Crippen LogP contribution in [0.25, 0.3) is 0 Å². The zero-order valence-corrected chi connectivity index (χ0v) is 19.5. The Morgan fingerprint density at radius 2 is 1.91 bits per heavy atom. The third-order valence-corrected chi connectivity index (χ3v) is 5.92. The monoisotopic (exact) mass is 437 g/mol. The Labute approximate surface area is 191 Å². The molecule has 1 N–H and O–H groups in total. The Balaban J connectivity index is 1.64. The van der Waals surface area contributed by atoms with Crippen molar-refractivity contribution < 1.29 is 9.59 Å². The number of rotatable bonds is 10. The molecule has 1 fully saturated rings. The number of para-hydroxylation sites is 1. The fourth-order valence-electron chi connectivity index (χ4n) is 4.11. The smallest absolute Gasteiger partial charge is 0.255 e. The molecule has 1 atom stereocenters.